The Morgan fingerprint density at radius 3 is 2.35 bits per heavy atom. The van der Waals surface area contributed by atoms with E-state index >= 15 is 0 Å². The number of hydrogen-bond donors (Lipinski definition) is 8. The number of methoxy groups -OCH3 is 1. The Hall–Kier alpha value is -1.87. The van der Waals surface area contributed by atoms with Crippen LogP contribution in [0.1, 0.15) is 13.2 Å². The van der Waals surface area contributed by atoms with E-state index in [1.54, 1.807) is 0 Å². The Labute approximate surface area is 224 Å². The van der Waals surface area contributed by atoms with Crippen molar-refractivity contribution in [3.05, 3.63) is 33.1 Å². The maximum Gasteiger partial charge on any atom is 0.483 e. The van der Waals surface area contributed by atoms with E-state index < -0.39 is 101 Å². The molecule has 0 spiro atoms. The van der Waals surface area contributed by atoms with E-state index in [1.165, 1.54) is 0 Å². The van der Waals surface area contributed by atoms with Crippen molar-refractivity contribution in [2.24, 2.45) is 0 Å². The molecule has 3 rings (SSSR count). The smallest absolute Gasteiger partial charge is 0.394 e. The molecule has 1 aromatic rings. The first-order valence-electron chi connectivity index (χ1n) is 11.4. The lowest BCUT2D eigenvalue weighted by Crippen LogP contribution is -2.64. The molecule has 22 heteroatoms. The van der Waals surface area contributed by atoms with Gasteiger partial charge in [-0.3, -0.25) is 28.2 Å². The zero-order chi connectivity index (χ0) is 30.0. The van der Waals surface area contributed by atoms with E-state index in [0.29, 0.717) is 0 Å². The molecule has 8 N–H and O–H groups in total. The van der Waals surface area contributed by atoms with Crippen LogP contribution < -0.4 is 16.6 Å². The van der Waals surface area contributed by atoms with E-state index in [9.17, 15) is 53.7 Å². The number of hydrogen-bond acceptors (Lipinski definition) is 15. The summed E-state index contributed by atoms with van der Waals surface area (Å²) in [7, 11) is -9.95. The molecule has 0 aromatic carbocycles. The maximum atomic E-state index is 12.6. The van der Waals surface area contributed by atoms with Crippen molar-refractivity contribution in [3.8, 4) is 0 Å². The highest BCUT2D eigenvalue weighted by molar-refractivity contribution is 7.61. The molecule has 0 bridgehead atoms. The fraction of sp³-hybridized carbons (Fsp3) is 0.722. The van der Waals surface area contributed by atoms with Crippen LogP contribution in [0.2, 0.25) is 0 Å². The third-order valence-corrected chi connectivity index (χ3v) is 8.40. The largest absolute Gasteiger partial charge is 0.483 e. The lowest BCUT2D eigenvalue weighted by atomic mass is 9.97. The molecule has 8 unspecified atom stereocenters. The Bertz CT molecular complexity index is 1260. The summed E-state index contributed by atoms with van der Waals surface area (Å²) in [5.41, 5.74) is -1.74. The molecular weight excluding hydrogens is 592 g/mol. The molecule has 40 heavy (non-hydrogen) atoms. The summed E-state index contributed by atoms with van der Waals surface area (Å²) in [6, 6.07) is -0.521. The molecule has 2 saturated heterocycles. The Morgan fingerprint density at radius 2 is 1.77 bits per heavy atom. The number of H-pyrrole nitrogens is 1. The molecule has 2 aliphatic heterocycles. The molecule has 0 aliphatic carbocycles. The molecule has 20 nitrogen and oxygen atoms in total. The summed E-state index contributed by atoms with van der Waals surface area (Å²) in [6.07, 6.45) is -11.9. The van der Waals surface area contributed by atoms with Crippen LogP contribution in [0.5, 0.6) is 0 Å². The van der Waals surface area contributed by atoms with Crippen molar-refractivity contribution in [3.63, 3.8) is 0 Å². The van der Waals surface area contributed by atoms with Gasteiger partial charge in [0.05, 0.1) is 13.2 Å². The third-order valence-electron chi connectivity index (χ3n) is 5.80. The normalized spacial score (nSPS) is 35.5. The number of aliphatic hydroxyl groups excluding tert-OH is 4. The van der Waals surface area contributed by atoms with Gasteiger partial charge in [-0.15, -0.1) is 0 Å². The molecule has 11 atom stereocenters. The van der Waals surface area contributed by atoms with Gasteiger partial charge in [-0.05, 0) is 0 Å². The quantitative estimate of drug-likeness (QED) is 0.109. The van der Waals surface area contributed by atoms with Gasteiger partial charge in [0, 0.05) is 26.3 Å². The number of ether oxygens (including phenoxy) is 3. The average Bonchev–Trinajstić information content (AvgIpc) is 3.12. The van der Waals surface area contributed by atoms with Gasteiger partial charge in [-0.1, -0.05) is 0 Å². The van der Waals surface area contributed by atoms with E-state index in [2.05, 4.69) is 14.2 Å². The molecule has 228 valence electrons. The highest BCUT2D eigenvalue weighted by Gasteiger charge is 2.51. The summed E-state index contributed by atoms with van der Waals surface area (Å²) < 4.78 is 54.9. The van der Waals surface area contributed by atoms with Crippen molar-refractivity contribution in [2.75, 3.05) is 20.3 Å². The van der Waals surface area contributed by atoms with Crippen LogP contribution in [0.3, 0.4) is 0 Å². The summed E-state index contributed by atoms with van der Waals surface area (Å²) in [6.45, 7) is -0.763. The molecule has 1 amide bonds. The molecule has 2 aliphatic rings. The minimum Gasteiger partial charge on any atom is -0.394 e. The lowest BCUT2D eigenvalue weighted by Gasteiger charge is -2.43. The molecular formula is C18H29N3O17P2. The number of nitrogens with one attached hydrogen (secondary N) is 2. The van der Waals surface area contributed by atoms with Crippen molar-refractivity contribution in [2.45, 2.75) is 62.1 Å². The number of amides is 1. The second kappa shape index (κ2) is 13.0. The van der Waals surface area contributed by atoms with Gasteiger partial charge < -0.3 is 49.7 Å². The van der Waals surface area contributed by atoms with Gasteiger partial charge >= 0.3 is 21.3 Å². The predicted molar refractivity (Wildman–Crippen MR) is 125 cm³/mol. The van der Waals surface area contributed by atoms with Crippen molar-refractivity contribution >= 4 is 21.6 Å². The SMILES string of the molecule is COC1C(O)C(CO)OC(OP(=O)(O)OP(=O)(O)OC[C@H]2OC(n3ccc(=O)[nH]c3=O)[C@H](O)[C@@H]2O)C1NC(C)=O. The van der Waals surface area contributed by atoms with Gasteiger partial charge in [-0.25, -0.2) is 13.9 Å². The average molecular weight is 621 g/mol. The maximum absolute atomic E-state index is 12.6. The van der Waals surface area contributed by atoms with Crippen LogP contribution in [-0.4, -0.2) is 115 Å². The Kier molecular flexibility index (Phi) is 10.6. The number of nitrogens with zero attached hydrogens (tertiary/aromatic N) is 1. The first-order valence-corrected chi connectivity index (χ1v) is 14.4. The molecule has 0 saturated carbocycles. The first kappa shape index (κ1) is 32.6. The van der Waals surface area contributed by atoms with Gasteiger partial charge in [0.2, 0.25) is 5.91 Å². The van der Waals surface area contributed by atoms with Crippen molar-refractivity contribution in [1.82, 2.24) is 14.9 Å². The number of aliphatic hydroxyl groups is 4. The molecule has 0 radical (unpaired) electrons. The third kappa shape index (κ3) is 7.69. The van der Waals surface area contributed by atoms with E-state index in [1.807, 2.05) is 4.98 Å². The van der Waals surface area contributed by atoms with Gasteiger partial charge in [0.15, 0.2) is 12.5 Å². The van der Waals surface area contributed by atoms with Crippen LogP contribution in [0.25, 0.3) is 0 Å². The van der Waals surface area contributed by atoms with Crippen molar-refractivity contribution < 1.29 is 71.7 Å². The zero-order valence-electron chi connectivity index (χ0n) is 20.8. The van der Waals surface area contributed by atoms with Gasteiger partial charge in [0.1, 0.15) is 42.7 Å². The van der Waals surface area contributed by atoms with E-state index in [0.717, 1.165) is 30.9 Å². The minimum absolute atomic E-state index is 0.705. The highest BCUT2D eigenvalue weighted by atomic mass is 31.3. The Morgan fingerprint density at radius 1 is 1.10 bits per heavy atom. The van der Waals surface area contributed by atoms with Crippen LogP contribution >= 0.6 is 15.6 Å². The number of rotatable bonds is 11. The van der Waals surface area contributed by atoms with E-state index in [-0.39, 0.29) is 0 Å². The van der Waals surface area contributed by atoms with Crippen LogP contribution in [-0.2, 0) is 41.5 Å². The number of carbonyl (C=O) groups excluding carboxylic acids is 1. The van der Waals surface area contributed by atoms with Crippen LogP contribution in [0, 0.1) is 0 Å². The second-order valence-electron chi connectivity index (χ2n) is 8.63. The number of aromatic amines is 1. The second-order valence-corrected chi connectivity index (χ2v) is 11.6. The number of phosphoric acid groups is 2. The first-order chi connectivity index (χ1) is 18.6. The molecule has 2 fully saturated rings. The topological polar surface area (TPSA) is 295 Å². The standard InChI is InChI=1S/C18H29N3O17P2/c1-7(23)19-11-15(33-2)13(26)8(5-22)36-17(11)37-40(31,32)38-39(29,30)34-6-9-12(25)14(27)16(35-9)21-4-3-10(24)20-18(21)28/h3-4,8-9,11-17,22,25-27H,5-6H2,1-2H3,(H,19,23)(H,29,30)(H,31,32)(H,20,24,28)/t8?,9-,11?,12-,13?,14-,15?,16?,17?/m1/s1. The monoisotopic (exact) mass is 621 g/mol. The summed E-state index contributed by atoms with van der Waals surface area (Å²) >= 11 is 0. The molecule has 1 aromatic heterocycles. The van der Waals surface area contributed by atoms with Gasteiger partial charge in [-0.2, -0.15) is 4.31 Å². The number of aromatic nitrogens is 2. The van der Waals surface area contributed by atoms with Crippen LogP contribution in [0.4, 0.5) is 0 Å². The summed E-state index contributed by atoms with van der Waals surface area (Å²) in [5.74, 6) is -0.705. The summed E-state index contributed by atoms with van der Waals surface area (Å²) in [5, 5.41) is 42.4. The fourth-order valence-corrected chi connectivity index (χ4v) is 6.19. The molecule has 3 heterocycles. The van der Waals surface area contributed by atoms with Crippen molar-refractivity contribution in [1.29, 1.82) is 0 Å². The lowest BCUT2D eigenvalue weighted by molar-refractivity contribution is -0.252. The highest BCUT2D eigenvalue weighted by Crippen LogP contribution is 2.61. The number of carbonyl (C=O) groups is 1. The fourth-order valence-electron chi connectivity index (χ4n) is 4.03. The van der Waals surface area contributed by atoms with Gasteiger partial charge in [0.25, 0.3) is 5.56 Å². The predicted octanol–water partition coefficient (Wildman–Crippen LogP) is -4.00. The van der Waals surface area contributed by atoms with Crippen LogP contribution in [0.15, 0.2) is 21.9 Å². The Balaban J connectivity index is 1.67. The van der Waals surface area contributed by atoms with E-state index in [4.69, 9.17) is 18.7 Å². The minimum atomic E-state index is -5.58. The summed E-state index contributed by atoms with van der Waals surface area (Å²) in [4.78, 5) is 56.8. The number of phosphoric ester groups is 2. The zero-order valence-corrected chi connectivity index (χ0v) is 22.6.